The van der Waals surface area contributed by atoms with E-state index in [-0.39, 0.29) is 10.5 Å². The molecule has 3 rings (SSSR count). The molecule has 0 atom stereocenters. The van der Waals surface area contributed by atoms with E-state index < -0.39 is 15.9 Å². The molecule has 0 aliphatic carbocycles. The van der Waals surface area contributed by atoms with Crippen LogP contribution in [0.5, 0.6) is 0 Å². The van der Waals surface area contributed by atoms with Crippen LogP contribution in [-0.2, 0) is 10.0 Å². The fourth-order valence-corrected chi connectivity index (χ4v) is 4.35. The zero-order valence-corrected chi connectivity index (χ0v) is 18.0. The molecule has 0 heterocycles. The Morgan fingerprint density at radius 3 is 2.31 bits per heavy atom. The Morgan fingerprint density at radius 1 is 0.862 bits per heavy atom. The van der Waals surface area contributed by atoms with Crippen molar-refractivity contribution < 1.29 is 13.2 Å². The van der Waals surface area contributed by atoms with Crippen LogP contribution in [0.4, 0.5) is 11.4 Å². The second-order valence-electron chi connectivity index (χ2n) is 6.54. The van der Waals surface area contributed by atoms with Crippen LogP contribution in [0.3, 0.4) is 0 Å². The first-order valence-corrected chi connectivity index (χ1v) is 10.9. The van der Waals surface area contributed by atoms with Crippen LogP contribution in [0, 0.1) is 13.8 Å². The number of hydrogen-bond acceptors (Lipinski definition) is 3. The second kappa shape index (κ2) is 8.45. The van der Waals surface area contributed by atoms with Gasteiger partial charge in [-0.05, 0) is 67.4 Å². The number of halogens is 2. The van der Waals surface area contributed by atoms with Crippen molar-refractivity contribution in [1.82, 2.24) is 0 Å². The van der Waals surface area contributed by atoms with Gasteiger partial charge < -0.3 is 5.32 Å². The number of hydrogen-bond donors (Lipinski definition) is 2. The largest absolute Gasteiger partial charge is 0.322 e. The third-order valence-electron chi connectivity index (χ3n) is 4.19. The van der Waals surface area contributed by atoms with Crippen molar-refractivity contribution >= 4 is 50.5 Å². The number of rotatable bonds is 5. The number of sulfonamides is 1. The summed E-state index contributed by atoms with van der Waals surface area (Å²) in [6, 6.07) is 16.2. The van der Waals surface area contributed by atoms with Gasteiger partial charge in [0.15, 0.2) is 0 Å². The molecule has 0 spiro atoms. The molecule has 0 saturated heterocycles. The van der Waals surface area contributed by atoms with Gasteiger partial charge in [0.25, 0.3) is 15.9 Å². The van der Waals surface area contributed by atoms with E-state index in [2.05, 4.69) is 10.0 Å². The molecule has 3 aromatic carbocycles. The molecule has 0 bridgehead atoms. The molecule has 0 aliphatic rings. The lowest BCUT2D eigenvalue weighted by Crippen LogP contribution is -2.17. The van der Waals surface area contributed by atoms with Crippen molar-refractivity contribution in [3.8, 4) is 0 Å². The van der Waals surface area contributed by atoms with E-state index in [1.54, 1.807) is 49.4 Å². The van der Waals surface area contributed by atoms with E-state index >= 15 is 0 Å². The molecule has 0 radical (unpaired) electrons. The lowest BCUT2D eigenvalue weighted by molar-refractivity contribution is 0.102. The summed E-state index contributed by atoms with van der Waals surface area (Å²) < 4.78 is 28.3. The monoisotopic (exact) mass is 448 g/mol. The summed E-state index contributed by atoms with van der Waals surface area (Å²) >= 11 is 11.8. The molecule has 8 heteroatoms. The fourth-order valence-electron chi connectivity index (χ4n) is 2.73. The van der Waals surface area contributed by atoms with Gasteiger partial charge in [-0.1, -0.05) is 41.4 Å². The van der Waals surface area contributed by atoms with Gasteiger partial charge in [0, 0.05) is 16.9 Å². The van der Waals surface area contributed by atoms with Crippen LogP contribution in [0.1, 0.15) is 21.5 Å². The van der Waals surface area contributed by atoms with Crippen molar-refractivity contribution in [3.63, 3.8) is 0 Å². The van der Waals surface area contributed by atoms with Crippen LogP contribution in [-0.4, -0.2) is 14.3 Å². The topological polar surface area (TPSA) is 75.3 Å². The van der Waals surface area contributed by atoms with Gasteiger partial charge >= 0.3 is 0 Å². The second-order valence-corrected chi connectivity index (χ2v) is 9.00. The lowest BCUT2D eigenvalue weighted by Gasteiger charge is -2.13. The maximum atomic E-state index is 12.9. The summed E-state index contributed by atoms with van der Waals surface area (Å²) in [5.41, 5.74) is 2.56. The van der Waals surface area contributed by atoms with Crippen LogP contribution in [0.2, 0.25) is 10.0 Å². The van der Waals surface area contributed by atoms with Gasteiger partial charge in [0.05, 0.1) is 14.9 Å². The third kappa shape index (κ3) is 5.09. The highest BCUT2D eigenvalue weighted by Gasteiger charge is 2.19. The minimum Gasteiger partial charge on any atom is -0.322 e. The quantitative estimate of drug-likeness (QED) is 0.528. The van der Waals surface area contributed by atoms with Crippen LogP contribution in [0.15, 0.2) is 65.6 Å². The van der Waals surface area contributed by atoms with E-state index in [1.807, 2.05) is 13.0 Å². The maximum Gasteiger partial charge on any atom is 0.262 e. The molecule has 0 unspecified atom stereocenters. The number of aryl methyl sites for hydroxylation is 2. The van der Waals surface area contributed by atoms with E-state index in [1.165, 1.54) is 12.1 Å². The van der Waals surface area contributed by atoms with Crippen molar-refractivity contribution in [3.05, 3.63) is 87.4 Å². The molecule has 0 aromatic heterocycles. The van der Waals surface area contributed by atoms with E-state index in [0.717, 1.165) is 5.56 Å². The highest BCUT2D eigenvalue weighted by Crippen LogP contribution is 2.26. The first kappa shape index (κ1) is 21.2. The lowest BCUT2D eigenvalue weighted by atomic mass is 10.1. The SMILES string of the molecule is Cc1cccc(NS(=O)(=O)c2cc(C(=O)Nc3ccc(Cl)c(Cl)c3)ccc2C)c1. The number of benzene rings is 3. The van der Waals surface area contributed by atoms with Gasteiger partial charge in [-0.3, -0.25) is 9.52 Å². The summed E-state index contributed by atoms with van der Waals surface area (Å²) in [4.78, 5) is 12.6. The van der Waals surface area contributed by atoms with Crippen molar-refractivity contribution in [1.29, 1.82) is 0 Å². The first-order chi connectivity index (χ1) is 13.7. The average Bonchev–Trinajstić information content (AvgIpc) is 2.64. The van der Waals surface area contributed by atoms with Gasteiger partial charge in [0.2, 0.25) is 0 Å². The minimum atomic E-state index is -3.87. The van der Waals surface area contributed by atoms with Gasteiger partial charge in [-0.25, -0.2) is 8.42 Å². The predicted molar refractivity (Wildman–Crippen MR) is 118 cm³/mol. The number of anilines is 2. The highest BCUT2D eigenvalue weighted by molar-refractivity contribution is 7.92. The van der Waals surface area contributed by atoms with E-state index in [9.17, 15) is 13.2 Å². The van der Waals surface area contributed by atoms with Crippen molar-refractivity contribution in [2.45, 2.75) is 18.7 Å². The molecular formula is C21H18Cl2N2O3S. The zero-order chi connectivity index (χ0) is 21.2. The Bertz CT molecular complexity index is 1190. The third-order valence-corrected chi connectivity index (χ3v) is 6.45. The molecule has 0 fully saturated rings. The van der Waals surface area contributed by atoms with E-state index in [0.29, 0.717) is 27.0 Å². The molecule has 2 N–H and O–H groups in total. The fraction of sp³-hybridized carbons (Fsp3) is 0.0952. The molecular weight excluding hydrogens is 431 g/mol. The number of amides is 1. The Labute approximate surface area is 179 Å². The molecule has 0 saturated carbocycles. The number of carbonyl (C=O) groups excluding carboxylic acids is 1. The summed E-state index contributed by atoms with van der Waals surface area (Å²) in [5, 5.41) is 3.36. The summed E-state index contributed by atoms with van der Waals surface area (Å²) in [6.45, 7) is 3.54. The zero-order valence-electron chi connectivity index (χ0n) is 15.7. The minimum absolute atomic E-state index is 0.0285. The van der Waals surface area contributed by atoms with Gasteiger partial charge in [0.1, 0.15) is 0 Å². The van der Waals surface area contributed by atoms with Gasteiger partial charge in [-0.2, -0.15) is 0 Å². The van der Waals surface area contributed by atoms with Gasteiger partial charge in [-0.15, -0.1) is 0 Å². The van der Waals surface area contributed by atoms with Crippen LogP contribution < -0.4 is 10.0 Å². The average molecular weight is 449 g/mol. The number of carbonyl (C=O) groups is 1. The molecule has 5 nitrogen and oxygen atoms in total. The Hall–Kier alpha value is -2.54. The molecule has 0 aliphatic heterocycles. The van der Waals surface area contributed by atoms with Crippen molar-refractivity contribution in [2.75, 3.05) is 10.0 Å². The predicted octanol–water partition coefficient (Wildman–Crippen LogP) is 5.66. The highest BCUT2D eigenvalue weighted by atomic mass is 35.5. The summed E-state index contributed by atoms with van der Waals surface area (Å²) in [5.74, 6) is -0.463. The smallest absolute Gasteiger partial charge is 0.262 e. The van der Waals surface area contributed by atoms with E-state index in [4.69, 9.17) is 23.2 Å². The standard InChI is InChI=1S/C21H18Cl2N2O3S/c1-13-4-3-5-17(10-13)25-29(27,28)20-11-15(7-6-14(20)2)21(26)24-16-8-9-18(22)19(23)12-16/h3-12,25H,1-2H3,(H,24,26). The maximum absolute atomic E-state index is 12.9. The molecule has 150 valence electrons. The molecule has 1 amide bonds. The normalized spacial score (nSPS) is 11.2. The molecule has 3 aromatic rings. The Morgan fingerprint density at radius 2 is 1.62 bits per heavy atom. The summed E-state index contributed by atoms with van der Waals surface area (Å²) in [7, 11) is -3.87. The summed E-state index contributed by atoms with van der Waals surface area (Å²) in [6.07, 6.45) is 0. The molecule has 29 heavy (non-hydrogen) atoms. The van der Waals surface area contributed by atoms with Crippen molar-refractivity contribution in [2.24, 2.45) is 0 Å². The number of nitrogens with one attached hydrogen (secondary N) is 2. The van der Waals surface area contributed by atoms with Crippen LogP contribution in [0.25, 0.3) is 0 Å². The Kier molecular flexibility index (Phi) is 6.17. The first-order valence-electron chi connectivity index (χ1n) is 8.62. The Balaban J connectivity index is 1.88. The van der Waals surface area contributed by atoms with Crippen LogP contribution >= 0.6 is 23.2 Å².